The number of amides is 1. The largest absolute Gasteiger partial charge is 0.487 e. The fourth-order valence-corrected chi connectivity index (χ4v) is 4.21. The molecule has 0 spiro atoms. The van der Waals surface area contributed by atoms with Gasteiger partial charge in [-0.1, -0.05) is 53.8 Å². The molecule has 2 aromatic rings. The normalized spacial score (nSPS) is 15.1. The molecular weight excluding hydrogens is 446 g/mol. The van der Waals surface area contributed by atoms with Crippen LogP contribution in [-0.2, 0) is 16.1 Å². The van der Waals surface area contributed by atoms with Crippen molar-refractivity contribution in [1.82, 2.24) is 4.90 Å². The number of hydrogen-bond donors (Lipinski definition) is 1. The minimum atomic E-state index is -0.975. The number of carboxylic acids is 1. The predicted molar refractivity (Wildman–Crippen MR) is 121 cm³/mol. The van der Waals surface area contributed by atoms with Gasteiger partial charge in [-0.2, -0.15) is 0 Å². The summed E-state index contributed by atoms with van der Waals surface area (Å²) < 4.78 is 11.2. The monoisotopic (exact) mass is 463 g/mol. The lowest BCUT2D eigenvalue weighted by molar-refractivity contribution is -0.122. The molecule has 1 aliphatic heterocycles. The van der Waals surface area contributed by atoms with Gasteiger partial charge < -0.3 is 14.6 Å². The van der Waals surface area contributed by atoms with E-state index in [-0.39, 0.29) is 18.1 Å². The van der Waals surface area contributed by atoms with Crippen LogP contribution in [0.15, 0.2) is 47.4 Å². The molecule has 156 valence electrons. The first kappa shape index (κ1) is 22.3. The van der Waals surface area contributed by atoms with Crippen molar-refractivity contribution < 1.29 is 24.2 Å². The van der Waals surface area contributed by atoms with Crippen molar-refractivity contribution in [2.75, 3.05) is 20.3 Å². The molecule has 1 fully saturated rings. The Morgan fingerprint density at radius 2 is 2.00 bits per heavy atom. The number of methoxy groups -OCH3 is 1. The fraction of sp³-hybridized carbons (Fsp3) is 0.190. The molecule has 0 saturated carbocycles. The highest BCUT2D eigenvalue weighted by atomic mass is 35.5. The van der Waals surface area contributed by atoms with E-state index in [0.29, 0.717) is 33.1 Å². The average Bonchev–Trinajstić information content (AvgIpc) is 2.98. The van der Waals surface area contributed by atoms with Gasteiger partial charge in [0.15, 0.2) is 0 Å². The van der Waals surface area contributed by atoms with E-state index in [2.05, 4.69) is 0 Å². The van der Waals surface area contributed by atoms with Crippen molar-refractivity contribution in [2.24, 2.45) is 0 Å². The van der Waals surface area contributed by atoms with E-state index >= 15 is 0 Å². The number of aromatic carboxylic acids is 1. The van der Waals surface area contributed by atoms with Crippen LogP contribution in [0.25, 0.3) is 6.08 Å². The van der Waals surface area contributed by atoms with E-state index in [4.69, 9.17) is 38.4 Å². The molecule has 0 unspecified atom stereocenters. The molecule has 1 aliphatic rings. The second-order valence-electron chi connectivity index (χ2n) is 6.31. The first-order valence-electron chi connectivity index (χ1n) is 8.88. The third-order valence-electron chi connectivity index (χ3n) is 4.24. The van der Waals surface area contributed by atoms with Crippen LogP contribution in [-0.4, -0.2) is 46.5 Å². The van der Waals surface area contributed by atoms with Crippen molar-refractivity contribution in [3.8, 4) is 5.75 Å². The van der Waals surface area contributed by atoms with Crippen LogP contribution in [0.3, 0.4) is 0 Å². The van der Waals surface area contributed by atoms with Crippen LogP contribution in [0.1, 0.15) is 21.5 Å². The summed E-state index contributed by atoms with van der Waals surface area (Å²) >= 11 is 12.8. The van der Waals surface area contributed by atoms with E-state index in [9.17, 15) is 9.59 Å². The quantitative estimate of drug-likeness (QED) is 0.457. The van der Waals surface area contributed by atoms with Gasteiger partial charge >= 0.3 is 5.97 Å². The molecule has 0 radical (unpaired) electrons. The highest BCUT2D eigenvalue weighted by Crippen LogP contribution is 2.34. The number of nitrogens with zero attached hydrogens (tertiary/aromatic N) is 1. The van der Waals surface area contributed by atoms with Crippen LogP contribution in [0.2, 0.25) is 5.02 Å². The Morgan fingerprint density at radius 1 is 1.27 bits per heavy atom. The van der Waals surface area contributed by atoms with E-state index in [0.717, 1.165) is 11.1 Å². The molecular formula is C21H18ClNO5S2. The second kappa shape index (κ2) is 10.1. The second-order valence-corrected chi connectivity index (χ2v) is 8.39. The Hall–Kier alpha value is -2.39. The topological polar surface area (TPSA) is 76.1 Å². The van der Waals surface area contributed by atoms with Gasteiger partial charge in [0.1, 0.15) is 16.7 Å². The summed E-state index contributed by atoms with van der Waals surface area (Å²) in [4.78, 5) is 25.5. The number of hydrogen-bond acceptors (Lipinski definition) is 6. The Morgan fingerprint density at radius 3 is 2.63 bits per heavy atom. The Labute approximate surface area is 188 Å². The van der Waals surface area contributed by atoms with Gasteiger partial charge in [-0.05, 0) is 41.5 Å². The van der Waals surface area contributed by atoms with Crippen molar-refractivity contribution in [3.05, 3.63) is 69.1 Å². The molecule has 3 rings (SSSR count). The van der Waals surface area contributed by atoms with Crippen LogP contribution in [0.4, 0.5) is 0 Å². The van der Waals surface area contributed by atoms with Crippen molar-refractivity contribution in [1.29, 1.82) is 0 Å². The van der Waals surface area contributed by atoms with Crippen molar-refractivity contribution in [3.63, 3.8) is 0 Å². The van der Waals surface area contributed by atoms with E-state index < -0.39 is 5.97 Å². The first-order chi connectivity index (χ1) is 14.4. The lowest BCUT2D eigenvalue weighted by Crippen LogP contribution is -2.31. The number of benzene rings is 2. The van der Waals surface area contributed by atoms with Gasteiger partial charge in [0, 0.05) is 7.11 Å². The van der Waals surface area contributed by atoms with E-state index in [1.165, 1.54) is 28.8 Å². The molecule has 1 heterocycles. The number of carbonyl (C=O) groups excluding carboxylic acids is 1. The SMILES string of the molecule is COCCN1C(=O)C(=Cc2ccc(OCc3ccc(C(=O)O)cc3)c(Cl)c2)SC1=S. The lowest BCUT2D eigenvalue weighted by Gasteiger charge is -2.13. The van der Waals surface area contributed by atoms with Gasteiger partial charge in [-0.3, -0.25) is 9.69 Å². The first-order valence-corrected chi connectivity index (χ1v) is 10.5. The highest BCUT2D eigenvalue weighted by Gasteiger charge is 2.31. The molecule has 2 aromatic carbocycles. The van der Waals surface area contributed by atoms with Gasteiger partial charge in [-0.25, -0.2) is 4.79 Å². The summed E-state index contributed by atoms with van der Waals surface area (Å²) in [5, 5.41) is 9.34. The minimum absolute atomic E-state index is 0.150. The van der Waals surface area contributed by atoms with Gasteiger partial charge in [0.05, 0.1) is 28.6 Å². The zero-order valence-corrected chi connectivity index (χ0v) is 18.4. The third-order valence-corrected chi connectivity index (χ3v) is 5.91. The molecule has 1 N–H and O–H groups in total. The van der Waals surface area contributed by atoms with Crippen LogP contribution in [0.5, 0.6) is 5.75 Å². The molecule has 30 heavy (non-hydrogen) atoms. The molecule has 0 aliphatic carbocycles. The molecule has 0 bridgehead atoms. The summed E-state index contributed by atoms with van der Waals surface area (Å²) in [5.41, 5.74) is 1.79. The van der Waals surface area contributed by atoms with Crippen LogP contribution >= 0.6 is 35.6 Å². The number of carbonyl (C=O) groups is 2. The zero-order valence-electron chi connectivity index (χ0n) is 16.0. The fourth-order valence-electron chi connectivity index (χ4n) is 2.66. The maximum absolute atomic E-state index is 12.5. The molecule has 1 amide bonds. The van der Waals surface area contributed by atoms with Crippen LogP contribution in [0, 0.1) is 0 Å². The zero-order chi connectivity index (χ0) is 21.7. The minimum Gasteiger partial charge on any atom is -0.487 e. The number of halogens is 1. The maximum atomic E-state index is 12.5. The molecule has 1 saturated heterocycles. The maximum Gasteiger partial charge on any atom is 0.335 e. The Balaban J connectivity index is 1.66. The standard InChI is InChI=1S/C21H18ClNO5S2/c1-27-9-8-23-19(24)18(30-21(23)29)11-14-4-7-17(16(22)10-14)28-12-13-2-5-15(6-3-13)20(25)26/h2-7,10-11H,8-9,12H2,1H3,(H,25,26). The predicted octanol–water partition coefficient (Wildman–Crippen LogP) is 4.46. The van der Waals surface area contributed by atoms with Gasteiger partial charge in [-0.15, -0.1) is 0 Å². The number of ether oxygens (including phenoxy) is 2. The third kappa shape index (κ3) is 5.40. The van der Waals surface area contributed by atoms with Gasteiger partial charge in [0.25, 0.3) is 5.91 Å². The molecule has 6 nitrogen and oxygen atoms in total. The van der Waals surface area contributed by atoms with Crippen LogP contribution < -0.4 is 4.74 Å². The Bertz CT molecular complexity index is 1010. The summed E-state index contributed by atoms with van der Waals surface area (Å²) in [7, 11) is 1.57. The smallest absolute Gasteiger partial charge is 0.335 e. The summed E-state index contributed by atoms with van der Waals surface area (Å²) in [6.07, 6.45) is 1.74. The number of thioether (sulfide) groups is 1. The number of rotatable bonds is 8. The lowest BCUT2D eigenvalue weighted by atomic mass is 10.1. The average molecular weight is 464 g/mol. The highest BCUT2D eigenvalue weighted by molar-refractivity contribution is 8.26. The summed E-state index contributed by atoms with van der Waals surface area (Å²) in [6.45, 7) is 1.08. The molecule has 0 atom stereocenters. The Kier molecular flexibility index (Phi) is 7.49. The summed E-state index contributed by atoms with van der Waals surface area (Å²) in [5.74, 6) is -0.635. The number of carboxylic acid groups (broad SMARTS) is 1. The molecule has 9 heteroatoms. The van der Waals surface area contributed by atoms with E-state index in [1.54, 1.807) is 43.5 Å². The summed E-state index contributed by atoms with van der Waals surface area (Å²) in [6, 6.07) is 11.7. The molecule has 0 aromatic heterocycles. The van der Waals surface area contributed by atoms with Crippen molar-refractivity contribution in [2.45, 2.75) is 6.61 Å². The van der Waals surface area contributed by atoms with E-state index in [1.807, 2.05) is 0 Å². The number of thiocarbonyl (C=S) groups is 1. The van der Waals surface area contributed by atoms with Crippen molar-refractivity contribution >= 4 is 57.9 Å². The van der Waals surface area contributed by atoms with Gasteiger partial charge in [0.2, 0.25) is 0 Å².